The largest absolute Gasteiger partial charge is 0.379 e. The number of methoxy groups -OCH3 is 1. The number of hydrogen-bond donors (Lipinski definition) is 3. The molecule has 1 unspecified atom stereocenters. The zero-order valence-corrected chi connectivity index (χ0v) is 13.9. The Balaban J connectivity index is 2.80. The minimum atomic E-state index is -4.10. The molecule has 0 amide bonds. The molecule has 1 fully saturated rings. The lowest BCUT2D eigenvalue weighted by atomic mass is 9.83. The van der Waals surface area contributed by atoms with Gasteiger partial charge in [-0.1, -0.05) is 6.42 Å². The van der Waals surface area contributed by atoms with Crippen LogP contribution in [0.15, 0.2) is 0 Å². The van der Waals surface area contributed by atoms with Gasteiger partial charge in [-0.2, -0.15) is 0 Å². The summed E-state index contributed by atoms with van der Waals surface area (Å²) in [4.78, 5) is 27.7. The van der Waals surface area contributed by atoms with Gasteiger partial charge in [0.05, 0.1) is 26.2 Å². The molecule has 0 saturated heterocycles. The van der Waals surface area contributed by atoms with Crippen molar-refractivity contribution in [2.75, 3.05) is 20.4 Å². The van der Waals surface area contributed by atoms with Gasteiger partial charge in [-0.3, -0.25) is 4.57 Å². The summed E-state index contributed by atoms with van der Waals surface area (Å²) in [6, 6.07) is 0. The van der Waals surface area contributed by atoms with E-state index in [2.05, 4.69) is 0 Å². The van der Waals surface area contributed by atoms with Gasteiger partial charge in [-0.05, 0) is 30.0 Å². The molecule has 11 heteroatoms. The zero-order chi connectivity index (χ0) is 15.6. The topological polar surface area (TPSA) is 105 Å². The summed E-state index contributed by atoms with van der Waals surface area (Å²) in [6.07, 6.45) is -0.732. The molecule has 0 aliphatic heterocycles. The molecule has 2 radical (unpaired) electrons. The highest BCUT2D eigenvalue weighted by molar-refractivity contribution is 8.07. The van der Waals surface area contributed by atoms with Crippen molar-refractivity contribution < 1.29 is 33.0 Å². The maximum absolute atomic E-state index is 11.0. The Morgan fingerprint density at radius 2 is 1.90 bits per heavy atom. The SMILES string of the molecule is [B][C@H]1C[C@H](CCP(=O)(O)O)[C@@H](OP(O)(=S)OC)[C@H]1OC. The van der Waals surface area contributed by atoms with Crippen molar-refractivity contribution in [1.82, 2.24) is 0 Å². The fourth-order valence-electron chi connectivity index (χ4n) is 2.40. The van der Waals surface area contributed by atoms with Crippen LogP contribution in [-0.4, -0.2) is 55.1 Å². The third-order valence-corrected chi connectivity index (χ3v) is 5.85. The predicted octanol–water partition coefficient (Wildman–Crippen LogP) is 0.794. The van der Waals surface area contributed by atoms with Crippen LogP contribution < -0.4 is 0 Å². The van der Waals surface area contributed by atoms with Gasteiger partial charge in [0, 0.05) is 14.2 Å². The first-order chi connectivity index (χ1) is 9.09. The molecule has 1 rings (SSSR count). The Labute approximate surface area is 124 Å². The van der Waals surface area contributed by atoms with Crippen molar-refractivity contribution in [1.29, 1.82) is 0 Å². The molecule has 0 spiro atoms. The van der Waals surface area contributed by atoms with Crippen LogP contribution in [0.3, 0.4) is 0 Å². The van der Waals surface area contributed by atoms with E-state index in [1.807, 2.05) is 0 Å². The van der Waals surface area contributed by atoms with Crippen LogP contribution in [0.2, 0.25) is 5.82 Å². The van der Waals surface area contributed by atoms with Crippen molar-refractivity contribution in [2.45, 2.75) is 30.9 Å². The molecule has 1 saturated carbocycles. The molecule has 1 aliphatic rings. The van der Waals surface area contributed by atoms with Crippen LogP contribution >= 0.6 is 14.3 Å². The summed E-state index contributed by atoms with van der Waals surface area (Å²) in [5.74, 6) is -0.606. The minimum absolute atomic E-state index is 0.210. The van der Waals surface area contributed by atoms with Crippen LogP contribution in [-0.2, 0) is 30.2 Å². The maximum Gasteiger partial charge on any atom is 0.325 e. The average molecular weight is 344 g/mol. The summed E-state index contributed by atoms with van der Waals surface area (Å²) in [5, 5.41) is 0. The normalized spacial score (nSPS) is 34.0. The number of rotatable bonds is 7. The summed E-state index contributed by atoms with van der Waals surface area (Å²) in [7, 11) is 4.52. The molecule has 5 atom stereocenters. The monoisotopic (exact) mass is 344 g/mol. The van der Waals surface area contributed by atoms with E-state index in [0.29, 0.717) is 6.42 Å². The minimum Gasteiger partial charge on any atom is -0.379 e. The second-order valence-corrected chi connectivity index (χ2v) is 9.43. The highest BCUT2D eigenvalue weighted by atomic mass is 32.5. The van der Waals surface area contributed by atoms with Gasteiger partial charge in [-0.25, -0.2) is 0 Å². The summed E-state index contributed by atoms with van der Waals surface area (Å²) in [5.41, 5.74) is 0. The molecule has 116 valence electrons. The molecule has 0 bridgehead atoms. The molecule has 7 nitrogen and oxygen atoms in total. The van der Waals surface area contributed by atoms with Crippen molar-refractivity contribution in [3.8, 4) is 0 Å². The van der Waals surface area contributed by atoms with Crippen LogP contribution in [0.25, 0.3) is 0 Å². The van der Waals surface area contributed by atoms with Gasteiger partial charge in [0.2, 0.25) is 0 Å². The standard InChI is InChI=1S/C9H19BO7P2S/c1-15-9-7(10)5-6(3-4-18(11,12)13)8(9)17-19(14,20)16-2/h6-9H,3-5H2,1-2H3,(H,14,20)(H2,11,12,13)/t6-,7-,8+,9-,19?/m0/s1. The Bertz CT molecular complexity index is 417. The molecular weight excluding hydrogens is 325 g/mol. The Hall–Kier alpha value is 0.705. The second kappa shape index (κ2) is 7.31. The zero-order valence-electron chi connectivity index (χ0n) is 11.3. The maximum atomic E-state index is 11.0. The van der Waals surface area contributed by atoms with Crippen LogP contribution in [0, 0.1) is 5.92 Å². The lowest BCUT2D eigenvalue weighted by Crippen LogP contribution is -2.31. The number of hydrogen-bond acceptors (Lipinski definition) is 5. The fraction of sp³-hybridized carbons (Fsp3) is 1.00. The van der Waals surface area contributed by atoms with Gasteiger partial charge in [0.1, 0.15) is 0 Å². The van der Waals surface area contributed by atoms with Gasteiger partial charge in [0.25, 0.3) is 0 Å². The third-order valence-electron chi connectivity index (χ3n) is 3.33. The van der Waals surface area contributed by atoms with E-state index in [4.69, 9.17) is 43.2 Å². The molecule has 0 aromatic rings. The Morgan fingerprint density at radius 1 is 1.30 bits per heavy atom. The molecule has 3 N–H and O–H groups in total. The first kappa shape index (κ1) is 18.8. The average Bonchev–Trinajstić information content (AvgIpc) is 2.61. The fourth-order valence-corrected chi connectivity index (χ4v) is 4.05. The predicted molar refractivity (Wildman–Crippen MR) is 78.3 cm³/mol. The summed E-state index contributed by atoms with van der Waals surface area (Å²) < 4.78 is 26.4. The van der Waals surface area contributed by atoms with Crippen LogP contribution in [0.1, 0.15) is 12.8 Å². The molecule has 20 heavy (non-hydrogen) atoms. The molecule has 0 aromatic heterocycles. The number of ether oxygens (including phenoxy) is 1. The van der Waals surface area contributed by atoms with Gasteiger partial charge in [-0.15, -0.1) is 0 Å². The van der Waals surface area contributed by atoms with E-state index in [1.165, 1.54) is 14.2 Å². The van der Waals surface area contributed by atoms with Gasteiger partial charge < -0.3 is 28.5 Å². The van der Waals surface area contributed by atoms with E-state index in [-0.39, 0.29) is 24.3 Å². The van der Waals surface area contributed by atoms with E-state index >= 15 is 0 Å². The third kappa shape index (κ3) is 5.48. The quantitative estimate of drug-likeness (QED) is 0.460. The van der Waals surface area contributed by atoms with E-state index in [1.54, 1.807) is 0 Å². The molecule has 0 heterocycles. The molecular formula is C9H19BO7P2S. The first-order valence-corrected chi connectivity index (χ1v) is 10.4. The van der Waals surface area contributed by atoms with Crippen molar-refractivity contribution in [3.63, 3.8) is 0 Å². The smallest absolute Gasteiger partial charge is 0.325 e. The van der Waals surface area contributed by atoms with E-state index < -0.39 is 26.5 Å². The Kier molecular flexibility index (Phi) is 6.86. The molecule has 0 aromatic carbocycles. The van der Waals surface area contributed by atoms with Crippen molar-refractivity contribution in [2.24, 2.45) is 5.92 Å². The van der Waals surface area contributed by atoms with Crippen molar-refractivity contribution >= 4 is 34.0 Å². The van der Waals surface area contributed by atoms with Gasteiger partial charge >= 0.3 is 14.3 Å². The summed E-state index contributed by atoms with van der Waals surface area (Å²) >= 11 is 4.80. The highest BCUT2D eigenvalue weighted by Crippen LogP contribution is 2.51. The Morgan fingerprint density at radius 3 is 2.35 bits per heavy atom. The van der Waals surface area contributed by atoms with Crippen LogP contribution in [0.5, 0.6) is 0 Å². The molecule has 1 aliphatic carbocycles. The van der Waals surface area contributed by atoms with Crippen LogP contribution in [0.4, 0.5) is 0 Å². The van der Waals surface area contributed by atoms with E-state index in [9.17, 15) is 9.46 Å². The lowest BCUT2D eigenvalue weighted by Gasteiger charge is -2.28. The second-order valence-electron chi connectivity index (χ2n) is 4.76. The first-order valence-electron chi connectivity index (χ1n) is 5.99. The lowest BCUT2D eigenvalue weighted by molar-refractivity contribution is -0.00164. The highest BCUT2D eigenvalue weighted by Gasteiger charge is 2.44. The van der Waals surface area contributed by atoms with E-state index in [0.717, 1.165) is 0 Å². The summed E-state index contributed by atoms with van der Waals surface area (Å²) in [6.45, 7) is -3.40. The van der Waals surface area contributed by atoms with Crippen molar-refractivity contribution in [3.05, 3.63) is 0 Å². The van der Waals surface area contributed by atoms with Gasteiger partial charge in [0.15, 0.2) is 0 Å².